The van der Waals surface area contributed by atoms with Gasteiger partial charge in [0, 0.05) is 5.54 Å². The minimum Gasteiger partial charge on any atom is -0.490 e. The summed E-state index contributed by atoms with van der Waals surface area (Å²) < 4.78 is 32.6. The van der Waals surface area contributed by atoms with E-state index >= 15 is 0 Å². The van der Waals surface area contributed by atoms with Gasteiger partial charge in [-0.25, -0.2) is 13.1 Å². The quantitative estimate of drug-likeness (QED) is 0.686. The zero-order valence-electron chi connectivity index (χ0n) is 13.1. The lowest BCUT2D eigenvalue weighted by atomic mass is 9.91. The number of hydrogen-bond acceptors (Lipinski definition) is 4. The molecule has 0 fully saturated rings. The SMILES string of the molecule is CCC(CC)(CC)NS(=O)(=O)CCOc1ccccc1N. The summed E-state index contributed by atoms with van der Waals surface area (Å²) in [6.45, 7) is 6.07. The Balaban J connectivity index is 2.59. The topological polar surface area (TPSA) is 81.4 Å². The normalized spacial score (nSPS) is 12.3. The number of benzene rings is 1. The number of rotatable bonds is 9. The first kappa shape index (κ1) is 17.8. The molecule has 0 heterocycles. The third kappa shape index (κ3) is 5.21. The van der Waals surface area contributed by atoms with Crippen LogP contribution in [0.2, 0.25) is 0 Å². The van der Waals surface area contributed by atoms with Crippen LogP contribution in [-0.4, -0.2) is 26.3 Å². The number of ether oxygens (including phenoxy) is 1. The molecule has 1 aromatic rings. The van der Waals surface area contributed by atoms with Gasteiger partial charge in [-0.05, 0) is 31.4 Å². The number of nitrogen functional groups attached to an aromatic ring is 1. The van der Waals surface area contributed by atoms with Gasteiger partial charge in [-0.2, -0.15) is 0 Å². The molecule has 0 radical (unpaired) electrons. The molecule has 5 nitrogen and oxygen atoms in total. The van der Waals surface area contributed by atoms with Crippen LogP contribution in [0.4, 0.5) is 5.69 Å². The van der Waals surface area contributed by atoms with Crippen molar-refractivity contribution < 1.29 is 13.2 Å². The number of nitrogens with one attached hydrogen (secondary N) is 1. The van der Waals surface area contributed by atoms with E-state index in [0.717, 1.165) is 19.3 Å². The van der Waals surface area contributed by atoms with E-state index in [2.05, 4.69) is 4.72 Å². The van der Waals surface area contributed by atoms with Crippen molar-refractivity contribution in [2.45, 2.75) is 45.6 Å². The number of anilines is 1. The lowest BCUT2D eigenvalue weighted by Gasteiger charge is -2.31. The van der Waals surface area contributed by atoms with Crippen molar-refractivity contribution in [3.05, 3.63) is 24.3 Å². The summed E-state index contributed by atoms with van der Waals surface area (Å²) in [5.74, 6) is 0.434. The molecule has 0 atom stereocenters. The maximum atomic E-state index is 12.2. The molecule has 0 unspecified atom stereocenters. The van der Waals surface area contributed by atoms with Gasteiger partial charge in [-0.15, -0.1) is 0 Å². The van der Waals surface area contributed by atoms with Crippen LogP contribution in [0.3, 0.4) is 0 Å². The van der Waals surface area contributed by atoms with Crippen LogP contribution < -0.4 is 15.2 Å². The van der Waals surface area contributed by atoms with Crippen molar-refractivity contribution in [2.24, 2.45) is 0 Å². The molecular formula is C15H26N2O3S. The van der Waals surface area contributed by atoms with E-state index in [1.54, 1.807) is 24.3 Å². The van der Waals surface area contributed by atoms with Crippen molar-refractivity contribution in [3.63, 3.8) is 0 Å². The molecule has 0 amide bonds. The van der Waals surface area contributed by atoms with Crippen LogP contribution >= 0.6 is 0 Å². The maximum Gasteiger partial charge on any atom is 0.215 e. The third-order valence-electron chi connectivity index (χ3n) is 3.93. The molecular weight excluding hydrogens is 288 g/mol. The van der Waals surface area contributed by atoms with Gasteiger partial charge in [0.05, 0.1) is 11.4 Å². The molecule has 0 aromatic heterocycles. The zero-order chi connectivity index (χ0) is 15.9. The molecule has 1 rings (SSSR count). The smallest absolute Gasteiger partial charge is 0.215 e. The highest BCUT2D eigenvalue weighted by Gasteiger charge is 2.29. The molecule has 21 heavy (non-hydrogen) atoms. The largest absolute Gasteiger partial charge is 0.490 e. The second kappa shape index (κ2) is 7.66. The van der Waals surface area contributed by atoms with Gasteiger partial charge < -0.3 is 10.5 Å². The monoisotopic (exact) mass is 314 g/mol. The standard InChI is InChI=1S/C15H26N2O3S/c1-4-15(5-2,6-3)17-21(18,19)12-11-20-14-10-8-7-9-13(14)16/h7-10,17H,4-6,11-12,16H2,1-3H3. The second-order valence-corrected chi connectivity index (χ2v) is 6.99. The summed E-state index contributed by atoms with van der Waals surface area (Å²) >= 11 is 0. The molecule has 1 aromatic carbocycles. The Morgan fingerprint density at radius 3 is 2.24 bits per heavy atom. The lowest BCUT2D eigenvalue weighted by Crippen LogP contribution is -2.48. The molecule has 120 valence electrons. The first-order chi connectivity index (χ1) is 9.88. The number of nitrogens with two attached hydrogens (primary N) is 1. The number of sulfonamides is 1. The van der Waals surface area contributed by atoms with Gasteiger partial charge in [-0.1, -0.05) is 32.9 Å². The average molecular weight is 314 g/mol. The van der Waals surface area contributed by atoms with Crippen molar-refractivity contribution in [1.29, 1.82) is 0 Å². The number of para-hydroxylation sites is 2. The lowest BCUT2D eigenvalue weighted by molar-refractivity contribution is 0.328. The summed E-state index contributed by atoms with van der Waals surface area (Å²) in [6.07, 6.45) is 2.31. The molecule has 0 aliphatic carbocycles. The van der Waals surface area contributed by atoms with E-state index in [9.17, 15) is 8.42 Å². The summed E-state index contributed by atoms with van der Waals surface area (Å²) in [7, 11) is -3.37. The van der Waals surface area contributed by atoms with Gasteiger partial charge in [-0.3, -0.25) is 0 Å². The molecule has 6 heteroatoms. The number of hydrogen-bond donors (Lipinski definition) is 2. The first-order valence-corrected chi connectivity index (χ1v) is 9.02. The predicted molar refractivity (Wildman–Crippen MR) is 86.9 cm³/mol. The fourth-order valence-electron chi connectivity index (χ4n) is 2.22. The summed E-state index contributed by atoms with van der Waals surface area (Å²) in [6, 6.07) is 7.05. The average Bonchev–Trinajstić information content (AvgIpc) is 2.47. The zero-order valence-corrected chi connectivity index (χ0v) is 13.9. The molecule has 0 saturated carbocycles. The molecule has 0 saturated heterocycles. The minimum atomic E-state index is -3.37. The highest BCUT2D eigenvalue weighted by molar-refractivity contribution is 7.89. The Kier molecular flexibility index (Phi) is 6.48. The van der Waals surface area contributed by atoms with Crippen LogP contribution in [0, 0.1) is 0 Å². The van der Waals surface area contributed by atoms with Crippen molar-refractivity contribution >= 4 is 15.7 Å². The van der Waals surface area contributed by atoms with E-state index < -0.39 is 10.0 Å². The first-order valence-electron chi connectivity index (χ1n) is 7.37. The summed E-state index contributed by atoms with van der Waals surface area (Å²) in [5, 5.41) is 0. The Labute approximate surface area is 127 Å². The summed E-state index contributed by atoms with van der Waals surface area (Å²) in [4.78, 5) is 0. The van der Waals surface area contributed by atoms with E-state index in [1.807, 2.05) is 20.8 Å². The maximum absolute atomic E-state index is 12.2. The van der Waals surface area contributed by atoms with Gasteiger partial charge >= 0.3 is 0 Å². The molecule has 0 aliphatic rings. The van der Waals surface area contributed by atoms with Gasteiger partial charge in [0.15, 0.2) is 0 Å². The highest BCUT2D eigenvalue weighted by atomic mass is 32.2. The fraction of sp³-hybridized carbons (Fsp3) is 0.600. The van der Waals surface area contributed by atoms with E-state index in [4.69, 9.17) is 10.5 Å². The van der Waals surface area contributed by atoms with Crippen molar-refractivity contribution in [2.75, 3.05) is 18.1 Å². The minimum absolute atomic E-state index is 0.0801. The Hall–Kier alpha value is -1.27. The van der Waals surface area contributed by atoms with Gasteiger partial charge in [0.1, 0.15) is 12.4 Å². The van der Waals surface area contributed by atoms with Crippen LogP contribution in [0.1, 0.15) is 40.0 Å². The predicted octanol–water partition coefficient (Wildman–Crippen LogP) is 2.54. The van der Waals surface area contributed by atoms with Crippen LogP contribution in [-0.2, 0) is 10.0 Å². The van der Waals surface area contributed by atoms with Crippen LogP contribution in [0.15, 0.2) is 24.3 Å². The summed E-state index contributed by atoms with van der Waals surface area (Å²) in [5.41, 5.74) is 5.90. The van der Waals surface area contributed by atoms with E-state index in [0.29, 0.717) is 11.4 Å². The third-order valence-corrected chi connectivity index (χ3v) is 5.38. The fourth-order valence-corrected chi connectivity index (χ4v) is 3.72. The molecule has 0 spiro atoms. The Morgan fingerprint density at radius 1 is 1.14 bits per heavy atom. The highest BCUT2D eigenvalue weighted by Crippen LogP contribution is 2.21. The van der Waals surface area contributed by atoms with Crippen molar-refractivity contribution in [1.82, 2.24) is 4.72 Å². The van der Waals surface area contributed by atoms with E-state index in [-0.39, 0.29) is 17.9 Å². The molecule has 0 bridgehead atoms. The Bertz CT molecular complexity index is 531. The van der Waals surface area contributed by atoms with Crippen molar-refractivity contribution in [3.8, 4) is 5.75 Å². The van der Waals surface area contributed by atoms with Crippen LogP contribution in [0.5, 0.6) is 5.75 Å². The second-order valence-electron chi connectivity index (χ2n) is 5.15. The Morgan fingerprint density at radius 2 is 1.71 bits per heavy atom. The molecule has 0 aliphatic heterocycles. The van der Waals surface area contributed by atoms with Gasteiger partial charge in [0.2, 0.25) is 10.0 Å². The molecule has 3 N–H and O–H groups in total. The van der Waals surface area contributed by atoms with Crippen LogP contribution in [0.25, 0.3) is 0 Å². The van der Waals surface area contributed by atoms with Gasteiger partial charge in [0.25, 0.3) is 0 Å². The van der Waals surface area contributed by atoms with E-state index in [1.165, 1.54) is 0 Å².